The number of aromatic nitrogens is 4. The van der Waals surface area contributed by atoms with Crippen LogP contribution < -0.4 is 11.2 Å². The minimum Gasteiger partial charge on any atom is -0.302 e. The molecule has 2 aromatic heterocycles. The second kappa shape index (κ2) is 7.15. The topological polar surface area (TPSA) is 73.0 Å². The molecule has 26 heavy (non-hydrogen) atoms. The summed E-state index contributed by atoms with van der Waals surface area (Å²) in [7, 11) is 1.71. The van der Waals surface area contributed by atoms with E-state index in [1.807, 2.05) is 6.07 Å². The summed E-state index contributed by atoms with van der Waals surface area (Å²) >= 11 is 0. The Morgan fingerprint density at radius 3 is 2.77 bits per heavy atom. The van der Waals surface area contributed by atoms with Gasteiger partial charge in [-0.1, -0.05) is 0 Å². The Morgan fingerprint density at radius 1 is 1.19 bits per heavy atom. The first-order chi connectivity index (χ1) is 12.6. The summed E-state index contributed by atoms with van der Waals surface area (Å²) in [5.41, 5.74) is 2.90. The molecule has 0 bridgehead atoms. The van der Waals surface area contributed by atoms with Crippen LogP contribution in [-0.2, 0) is 33.0 Å². The number of hydrogen-bond donors (Lipinski definition) is 0. The Balaban J connectivity index is 1.34. The van der Waals surface area contributed by atoms with E-state index < -0.39 is 0 Å². The van der Waals surface area contributed by atoms with Crippen molar-refractivity contribution in [2.24, 2.45) is 13.0 Å². The number of aryl methyl sites for hydroxylation is 3. The van der Waals surface area contributed by atoms with Gasteiger partial charge < -0.3 is 4.57 Å². The Kier molecular flexibility index (Phi) is 4.72. The summed E-state index contributed by atoms with van der Waals surface area (Å²) in [5, 5.41) is 4.60. The largest absolute Gasteiger partial charge is 0.347 e. The van der Waals surface area contributed by atoms with Crippen molar-refractivity contribution in [3.05, 3.63) is 56.1 Å². The van der Waals surface area contributed by atoms with Crippen LogP contribution in [0.5, 0.6) is 0 Å². The lowest BCUT2D eigenvalue weighted by atomic mass is 9.96. The van der Waals surface area contributed by atoms with Crippen LogP contribution in [0.4, 0.5) is 0 Å². The molecule has 1 aliphatic heterocycles. The molecule has 0 N–H and O–H groups in total. The fraction of sp³-hybridized carbons (Fsp3) is 0.579. The molecule has 1 saturated heterocycles. The smallest absolute Gasteiger partial charge is 0.302 e. The second-order valence-corrected chi connectivity index (χ2v) is 7.52. The molecule has 7 heteroatoms. The molecule has 2 aliphatic rings. The summed E-state index contributed by atoms with van der Waals surface area (Å²) < 4.78 is 3.16. The molecule has 2 aromatic rings. The predicted molar refractivity (Wildman–Crippen MR) is 98.0 cm³/mol. The van der Waals surface area contributed by atoms with Gasteiger partial charge in [0.1, 0.15) is 0 Å². The van der Waals surface area contributed by atoms with Gasteiger partial charge in [-0.05, 0) is 62.7 Å². The third-order valence-electron chi connectivity index (χ3n) is 5.58. The molecule has 138 valence electrons. The third-order valence-corrected chi connectivity index (χ3v) is 5.58. The normalized spacial score (nSPS) is 18.2. The molecule has 0 atom stereocenters. The lowest BCUT2D eigenvalue weighted by Crippen LogP contribution is -2.37. The van der Waals surface area contributed by atoms with Crippen LogP contribution in [-0.4, -0.2) is 37.3 Å². The van der Waals surface area contributed by atoms with Crippen LogP contribution in [0.15, 0.2) is 27.9 Å². The molecule has 3 heterocycles. The van der Waals surface area contributed by atoms with Crippen LogP contribution in [0.25, 0.3) is 0 Å². The zero-order chi connectivity index (χ0) is 18.1. The molecular formula is C19H25N5O2. The SMILES string of the molecule is Cn1ccc(CN2CCC(Cn3nc4c(cc3=O)CCC4)CC2)nc1=O. The summed E-state index contributed by atoms with van der Waals surface area (Å²) in [6, 6.07) is 3.69. The van der Waals surface area contributed by atoms with Crippen molar-refractivity contribution < 1.29 is 0 Å². The number of likely N-dealkylation sites (tertiary alicyclic amines) is 1. The van der Waals surface area contributed by atoms with E-state index in [4.69, 9.17) is 0 Å². The number of hydrogen-bond acceptors (Lipinski definition) is 5. The maximum absolute atomic E-state index is 12.3. The fourth-order valence-corrected chi connectivity index (χ4v) is 3.96. The van der Waals surface area contributed by atoms with E-state index in [2.05, 4.69) is 15.0 Å². The van der Waals surface area contributed by atoms with Gasteiger partial charge in [-0.3, -0.25) is 9.69 Å². The highest BCUT2D eigenvalue weighted by atomic mass is 16.1. The lowest BCUT2D eigenvalue weighted by Gasteiger charge is -2.31. The Bertz CT molecular complexity index is 909. The van der Waals surface area contributed by atoms with Gasteiger partial charge in [-0.2, -0.15) is 10.1 Å². The van der Waals surface area contributed by atoms with Gasteiger partial charge in [0, 0.05) is 32.4 Å². The van der Waals surface area contributed by atoms with E-state index in [-0.39, 0.29) is 11.2 Å². The van der Waals surface area contributed by atoms with Crippen LogP contribution >= 0.6 is 0 Å². The summed E-state index contributed by atoms with van der Waals surface area (Å²) in [5.74, 6) is 0.479. The molecule has 0 spiro atoms. The fourth-order valence-electron chi connectivity index (χ4n) is 3.96. The van der Waals surface area contributed by atoms with E-state index in [1.165, 1.54) is 4.57 Å². The molecule has 0 saturated carbocycles. The molecule has 0 amide bonds. The summed E-state index contributed by atoms with van der Waals surface area (Å²) in [4.78, 5) is 30.4. The van der Waals surface area contributed by atoms with Crippen molar-refractivity contribution in [1.82, 2.24) is 24.2 Å². The minimum atomic E-state index is -0.209. The number of piperidine rings is 1. The van der Waals surface area contributed by atoms with Crippen LogP contribution in [0.1, 0.15) is 36.2 Å². The van der Waals surface area contributed by atoms with E-state index >= 15 is 0 Å². The molecule has 4 rings (SSSR count). The van der Waals surface area contributed by atoms with Crippen molar-refractivity contribution in [2.45, 2.75) is 45.2 Å². The summed E-state index contributed by atoms with van der Waals surface area (Å²) in [6.45, 7) is 3.34. The van der Waals surface area contributed by atoms with Gasteiger partial charge in [0.25, 0.3) is 5.56 Å². The average Bonchev–Trinajstić information content (AvgIpc) is 3.07. The highest BCUT2D eigenvalue weighted by molar-refractivity contribution is 5.22. The molecule has 0 unspecified atom stereocenters. The third kappa shape index (κ3) is 3.62. The van der Waals surface area contributed by atoms with E-state index in [0.29, 0.717) is 19.0 Å². The molecule has 0 radical (unpaired) electrons. The molecule has 7 nitrogen and oxygen atoms in total. The highest BCUT2D eigenvalue weighted by Gasteiger charge is 2.22. The van der Waals surface area contributed by atoms with Crippen LogP contribution in [0, 0.1) is 5.92 Å². The Morgan fingerprint density at radius 2 is 2.00 bits per heavy atom. The molecule has 1 fully saturated rings. The lowest BCUT2D eigenvalue weighted by molar-refractivity contribution is 0.161. The molecule has 1 aliphatic carbocycles. The monoisotopic (exact) mass is 355 g/mol. The quantitative estimate of drug-likeness (QED) is 0.809. The first kappa shape index (κ1) is 17.1. The van der Waals surface area contributed by atoms with Gasteiger partial charge in [-0.15, -0.1) is 0 Å². The first-order valence-electron chi connectivity index (χ1n) is 9.43. The number of nitrogens with zero attached hydrogens (tertiary/aromatic N) is 5. The van der Waals surface area contributed by atoms with E-state index in [1.54, 1.807) is 24.0 Å². The maximum atomic E-state index is 12.3. The van der Waals surface area contributed by atoms with Gasteiger partial charge in [-0.25, -0.2) is 9.48 Å². The molecule has 0 aromatic carbocycles. The van der Waals surface area contributed by atoms with Gasteiger partial charge in [0.15, 0.2) is 0 Å². The number of fused-ring (bicyclic) bond motifs is 1. The standard InChI is InChI=1S/C19H25N5O2/c1-22-8-7-16(20-19(22)26)13-23-9-5-14(6-10-23)12-24-18(25)11-15-3-2-4-17(15)21-24/h7-8,11,14H,2-6,9-10,12-13H2,1H3. The maximum Gasteiger partial charge on any atom is 0.347 e. The van der Waals surface area contributed by atoms with Crippen LogP contribution in [0.2, 0.25) is 0 Å². The van der Waals surface area contributed by atoms with Gasteiger partial charge in [0.05, 0.1) is 11.4 Å². The second-order valence-electron chi connectivity index (χ2n) is 7.52. The average molecular weight is 355 g/mol. The first-order valence-corrected chi connectivity index (χ1v) is 9.43. The highest BCUT2D eigenvalue weighted by Crippen LogP contribution is 2.21. The molecular weight excluding hydrogens is 330 g/mol. The van der Waals surface area contributed by atoms with Gasteiger partial charge >= 0.3 is 5.69 Å². The predicted octanol–water partition coefficient (Wildman–Crippen LogP) is 0.738. The van der Waals surface area contributed by atoms with Crippen molar-refractivity contribution in [3.63, 3.8) is 0 Å². The van der Waals surface area contributed by atoms with E-state index in [9.17, 15) is 9.59 Å². The van der Waals surface area contributed by atoms with Crippen molar-refractivity contribution >= 4 is 0 Å². The van der Waals surface area contributed by atoms with E-state index in [0.717, 1.165) is 62.1 Å². The minimum absolute atomic E-state index is 0.0393. The Labute approximate surface area is 152 Å². The zero-order valence-corrected chi connectivity index (χ0v) is 15.2. The van der Waals surface area contributed by atoms with Crippen molar-refractivity contribution in [2.75, 3.05) is 13.1 Å². The van der Waals surface area contributed by atoms with Crippen molar-refractivity contribution in [3.8, 4) is 0 Å². The van der Waals surface area contributed by atoms with Gasteiger partial charge in [0.2, 0.25) is 0 Å². The van der Waals surface area contributed by atoms with Crippen LogP contribution in [0.3, 0.4) is 0 Å². The summed E-state index contributed by atoms with van der Waals surface area (Å²) in [6.07, 6.45) is 6.95. The van der Waals surface area contributed by atoms with Crippen molar-refractivity contribution in [1.29, 1.82) is 0 Å². The Hall–Kier alpha value is -2.28. The zero-order valence-electron chi connectivity index (χ0n) is 15.2. The number of rotatable bonds is 4.